The van der Waals surface area contributed by atoms with E-state index in [1.54, 1.807) is 19.1 Å². The minimum absolute atomic E-state index is 0.0315. The SMILES string of the molecule is Cc1ccc(CNC(=O)COC(=O)c2ccccc2N/C=C/C(=O)C(F)(F)F)cc1F. The lowest BCUT2D eigenvalue weighted by molar-refractivity contribution is -0.165. The van der Waals surface area contributed by atoms with Crippen LogP contribution in [0.25, 0.3) is 0 Å². The van der Waals surface area contributed by atoms with Gasteiger partial charge in [0.15, 0.2) is 6.61 Å². The number of hydrogen-bond donors (Lipinski definition) is 2. The summed E-state index contributed by atoms with van der Waals surface area (Å²) in [4.78, 5) is 34.9. The number of ether oxygens (including phenoxy) is 1. The molecule has 164 valence electrons. The van der Waals surface area contributed by atoms with Crippen molar-refractivity contribution in [3.63, 3.8) is 0 Å². The van der Waals surface area contributed by atoms with E-state index in [1.165, 1.54) is 30.3 Å². The van der Waals surface area contributed by atoms with Gasteiger partial charge in [-0.05, 0) is 36.2 Å². The van der Waals surface area contributed by atoms with Crippen LogP contribution in [0.1, 0.15) is 21.5 Å². The number of hydrogen-bond acceptors (Lipinski definition) is 5. The van der Waals surface area contributed by atoms with Crippen molar-refractivity contribution in [2.75, 3.05) is 11.9 Å². The molecule has 2 N–H and O–H groups in total. The number of nitrogens with one attached hydrogen (secondary N) is 2. The van der Waals surface area contributed by atoms with Crippen molar-refractivity contribution in [3.8, 4) is 0 Å². The molecule has 0 radical (unpaired) electrons. The normalized spacial score (nSPS) is 11.3. The second-order valence-electron chi connectivity index (χ2n) is 6.32. The zero-order valence-electron chi connectivity index (χ0n) is 16.3. The summed E-state index contributed by atoms with van der Waals surface area (Å²) in [6.07, 6.45) is -3.98. The van der Waals surface area contributed by atoms with Crippen LogP contribution in [0.4, 0.5) is 23.2 Å². The predicted molar refractivity (Wildman–Crippen MR) is 104 cm³/mol. The van der Waals surface area contributed by atoms with Gasteiger partial charge < -0.3 is 15.4 Å². The molecule has 2 aromatic carbocycles. The molecule has 10 heteroatoms. The maximum Gasteiger partial charge on any atom is 0.454 e. The lowest BCUT2D eigenvalue weighted by Gasteiger charge is -2.10. The number of amides is 1. The Kier molecular flexibility index (Phi) is 7.89. The van der Waals surface area contributed by atoms with Crippen molar-refractivity contribution in [2.24, 2.45) is 0 Å². The van der Waals surface area contributed by atoms with Crippen LogP contribution in [0.5, 0.6) is 0 Å². The van der Waals surface area contributed by atoms with E-state index >= 15 is 0 Å². The summed E-state index contributed by atoms with van der Waals surface area (Å²) >= 11 is 0. The summed E-state index contributed by atoms with van der Waals surface area (Å²) in [5.74, 6) is -4.01. The lowest BCUT2D eigenvalue weighted by atomic mass is 10.1. The zero-order chi connectivity index (χ0) is 23.0. The van der Waals surface area contributed by atoms with Gasteiger partial charge in [0.2, 0.25) is 0 Å². The number of ketones is 1. The average Bonchev–Trinajstić information content (AvgIpc) is 2.72. The van der Waals surface area contributed by atoms with Crippen LogP contribution in [0, 0.1) is 12.7 Å². The van der Waals surface area contributed by atoms with E-state index in [9.17, 15) is 31.9 Å². The number of halogens is 4. The molecular formula is C21H18F4N2O4. The molecule has 6 nitrogen and oxygen atoms in total. The molecule has 1 amide bonds. The first-order valence-corrected chi connectivity index (χ1v) is 8.90. The fraction of sp³-hybridized carbons (Fsp3) is 0.190. The lowest BCUT2D eigenvalue weighted by Crippen LogP contribution is -2.28. The number of rotatable bonds is 8. The third-order valence-corrected chi connectivity index (χ3v) is 3.96. The van der Waals surface area contributed by atoms with Gasteiger partial charge in [0.25, 0.3) is 11.7 Å². The van der Waals surface area contributed by atoms with E-state index < -0.39 is 36.3 Å². The number of benzene rings is 2. The Morgan fingerprint density at radius 3 is 2.48 bits per heavy atom. The molecule has 0 aliphatic carbocycles. The smallest absolute Gasteiger partial charge is 0.452 e. The standard InChI is InChI=1S/C21H18F4N2O4/c1-13-6-7-14(10-16(13)22)11-27-19(29)12-31-20(30)15-4-2-3-5-17(15)26-9-8-18(28)21(23,24)25/h2-10,26H,11-12H2,1H3,(H,27,29)/b9-8+. The highest BCUT2D eigenvalue weighted by atomic mass is 19.4. The number of esters is 1. The molecule has 0 fully saturated rings. The molecule has 0 bridgehead atoms. The number of para-hydroxylation sites is 1. The molecule has 0 saturated carbocycles. The molecule has 0 aliphatic rings. The summed E-state index contributed by atoms with van der Waals surface area (Å²) in [6.45, 7) is 1.02. The van der Waals surface area contributed by atoms with Crippen LogP contribution in [-0.4, -0.2) is 30.4 Å². The second-order valence-corrected chi connectivity index (χ2v) is 6.32. The van der Waals surface area contributed by atoms with Crippen LogP contribution in [0.3, 0.4) is 0 Å². The van der Waals surface area contributed by atoms with E-state index in [0.29, 0.717) is 11.1 Å². The minimum atomic E-state index is -5.01. The van der Waals surface area contributed by atoms with Crippen LogP contribution in [0.15, 0.2) is 54.7 Å². The molecular weight excluding hydrogens is 420 g/mol. The van der Waals surface area contributed by atoms with E-state index in [1.807, 2.05) is 0 Å². The fourth-order valence-electron chi connectivity index (χ4n) is 2.30. The van der Waals surface area contributed by atoms with Gasteiger partial charge in [-0.25, -0.2) is 9.18 Å². The average molecular weight is 438 g/mol. The topological polar surface area (TPSA) is 84.5 Å². The van der Waals surface area contributed by atoms with Crippen LogP contribution >= 0.6 is 0 Å². The van der Waals surface area contributed by atoms with Crippen molar-refractivity contribution in [1.29, 1.82) is 0 Å². The van der Waals surface area contributed by atoms with Crippen molar-refractivity contribution < 1.29 is 36.7 Å². The molecule has 2 rings (SSSR count). The van der Waals surface area contributed by atoms with Crippen LogP contribution in [0.2, 0.25) is 0 Å². The third-order valence-electron chi connectivity index (χ3n) is 3.96. The van der Waals surface area contributed by atoms with Crippen molar-refractivity contribution in [3.05, 3.63) is 77.2 Å². The van der Waals surface area contributed by atoms with Crippen LogP contribution in [-0.2, 0) is 20.9 Å². The summed E-state index contributed by atoms with van der Waals surface area (Å²) in [5, 5.41) is 4.88. The summed E-state index contributed by atoms with van der Waals surface area (Å²) in [7, 11) is 0. The monoisotopic (exact) mass is 438 g/mol. The van der Waals surface area contributed by atoms with Crippen LogP contribution < -0.4 is 10.6 Å². The number of alkyl halides is 3. The third kappa shape index (κ3) is 7.25. The molecule has 0 heterocycles. The molecule has 0 aromatic heterocycles. The Balaban J connectivity index is 1.90. The number of anilines is 1. The molecule has 0 saturated heterocycles. The largest absolute Gasteiger partial charge is 0.454 e. The molecule has 2 aromatic rings. The van der Waals surface area contributed by atoms with Gasteiger partial charge in [0.05, 0.1) is 11.3 Å². The fourth-order valence-corrected chi connectivity index (χ4v) is 2.30. The first kappa shape index (κ1) is 23.6. The molecule has 0 spiro atoms. The summed E-state index contributed by atoms with van der Waals surface area (Å²) in [6, 6.07) is 10.2. The summed E-state index contributed by atoms with van der Waals surface area (Å²) in [5.41, 5.74) is 1.01. The molecule has 0 aliphatic heterocycles. The Labute approximate surface area is 174 Å². The highest BCUT2D eigenvalue weighted by Crippen LogP contribution is 2.18. The Bertz CT molecular complexity index is 1000. The van der Waals surface area contributed by atoms with E-state index in [4.69, 9.17) is 4.74 Å². The highest BCUT2D eigenvalue weighted by molar-refractivity contribution is 5.97. The van der Waals surface area contributed by atoms with Crippen molar-refractivity contribution in [1.82, 2.24) is 5.32 Å². The van der Waals surface area contributed by atoms with E-state index in [-0.39, 0.29) is 23.9 Å². The van der Waals surface area contributed by atoms with Gasteiger partial charge in [-0.3, -0.25) is 9.59 Å². The van der Waals surface area contributed by atoms with Gasteiger partial charge >= 0.3 is 12.1 Å². The predicted octanol–water partition coefficient (Wildman–Crippen LogP) is 3.66. The first-order chi connectivity index (χ1) is 14.6. The van der Waals surface area contributed by atoms with Gasteiger partial charge in [-0.15, -0.1) is 0 Å². The Morgan fingerprint density at radius 1 is 1.10 bits per heavy atom. The number of carbonyl (C=O) groups excluding carboxylic acids is 3. The van der Waals surface area contributed by atoms with E-state index in [2.05, 4.69) is 10.6 Å². The number of allylic oxidation sites excluding steroid dienone is 1. The molecule has 0 unspecified atom stereocenters. The molecule has 0 atom stereocenters. The maximum absolute atomic E-state index is 13.5. The summed E-state index contributed by atoms with van der Waals surface area (Å²) < 4.78 is 55.0. The maximum atomic E-state index is 13.5. The van der Waals surface area contributed by atoms with Crippen molar-refractivity contribution in [2.45, 2.75) is 19.6 Å². The zero-order valence-corrected chi connectivity index (χ0v) is 16.3. The van der Waals surface area contributed by atoms with E-state index in [0.717, 1.165) is 6.20 Å². The highest BCUT2D eigenvalue weighted by Gasteiger charge is 2.36. The van der Waals surface area contributed by atoms with Crippen molar-refractivity contribution >= 4 is 23.3 Å². The van der Waals surface area contributed by atoms with Gasteiger partial charge in [-0.1, -0.05) is 24.3 Å². The minimum Gasteiger partial charge on any atom is -0.452 e. The molecule has 31 heavy (non-hydrogen) atoms. The number of carbonyl (C=O) groups is 3. The number of aryl methyl sites for hydroxylation is 1. The van der Waals surface area contributed by atoms with Gasteiger partial charge in [-0.2, -0.15) is 13.2 Å². The Morgan fingerprint density at radius 2 is 1.81 bits per heavy atom. The Hall–Kier alpha value is -3.69. The quantitative estimate of drug-likeness (QED) is 0.373. The first-order valence-electron chi connectivity index (χ1n) is 8.90. The van der Waals surface area contributed by atoms with Gasteiger partial charge in [0.1, 0.15) is 5.82 Å². The van der Waals surface area contributed by atoms with Gasteiger partial charge in [0, 0.05) is 18.8 Å². The second kappa shape index (κ2) is 10.4.